The highest BCUT2D eigenvalue weighted by molar-refractivity contribution is 6.01. The smallest absolute Gasteiger partial charge is 0.309 e. The van der Waals surface area contributed by atoms with Gasteiger partial charge in [0.1, 0.15) is 0 Å². The third-order valence-electron chi connectivity index (χ3n) is 7.98. The minimum atomic E-state index is -0.456. The van der Waals surface area contributed by atoms with Crippen molar-refractivity contribution < 1.29 is 19.4 Å². The van der Waals surface area contributed by atoms with Gasteiger partial charge in [0.15, 0.2) is 5.78 Å². The predicted octanol–water partition coefficient (Wildman–Crippen LogP) is 3.05. The van der Waals surface area contributed by atoms with Gasteiger partial charge in [0, 0.05) is 11.3 Å². The monoisotopic (exact) mass is 344 g/mol. The minimum Gasteiger partial charge on any atom is -0.469 e. The second-order valence-electron chi connectivity index (χ2n) is 8.95. The maximum atomic E-state index is 12.3. The number of carbonyl (C=O) groups is 2. The molecule has 3 saturated carbocycles. The molecule has 4 rings (SSSR count). The minimum absolute atomic E-state index is 0.0627. The lowest BCUT2D eigenvalue weighted by atomic mass is 9.47. The van der Waals surface area contributed by atoms with E-state index in [0.717, 1.165) is 25.7 Å². The van der Waals surface area contributed by atoms with Crippen LogP contribution in [-0.2, 0) is 14.3 Å². The van der Waals surface area contributed by atoms with Crippen LogP contribution in [0.3, 0.4) is 0 Å². The Morgan fingerprint density at radius 3 is 2.76 bits per heavy atom. The molecule has 4 nitrogen and oxygen atoms in total. The van der Waals surface area contributed by atoms with E-state index in [9.17, 15) is 14.7 Å². The summed E-state index contributed by atoms with van der Waals surface area (Å²) < 4.78 is 5.06. The Morgan fingerprint density at radius 2 is 2.04 bits per heavy atom. The Bertz CT molecular complexity index is 677. The predicted molar refractivity (Wildman–Crippen MR) is 93.5 cm³/mol. The van der Waals surface area contributed by atoms with Crippen molar-refractivity contribution in [3.05, 3.63) is 23.8 Å². The van der Waals surface area contributed by atoms with E-state index in [0.29, 0.717) is 18.3 Å². The van der Waals surface area contributed by atoms with Crippen LogP contribution in [0.1, 0.15) is 46.0 Å². The molecule has 0 saturated heterocycles. The number of rotatable bonds is 1. The number of aliphatic hydroxyl groups is 1. The van der Waals surface area contributed by atoms with E-state index in [1.165, 1.54) is 12.7 Å². The lowest BCUT2D eigenvalue weighted by Gasteiger charge is -2.58. The number of hydrogen-bond acceptors (Lipinski definition) is 4. The zero-order chi connectivity index (χ0) is 18.0. The summed E-state index contributed by atoms with van der Waals surface area (Å²) in [5, 5.41) is 11.2. The Hall–Kier alpha value is -1.42. The van der Waals surface area contributed by atoms with E-state index in [2.05, 4.69) is 13.8 Å². The first-order valence-corrected chi connectivity index (χ1v) is 9.51. The van der Waals surface area contributed by atoms with Gasteiger partial charge in [-0.3, -0.25) is 9.59 Å². The molecule has 0 radical (unpaired) electrons. The molecule has 7 atom stereocenters. The average Bonchev–Trinajstić information content (AvgIpc) is 2.91. The first kappa shape index (κ1) is 17.0. The van der Waals surface area contributed by atoms with Crippen molar-refractivity contribution >= 4 is 11.8 Å². The van der Waals surface area contributed by atoms with Crippen molar-refractivity contribution in [2.75, 3.05) is 7.11 Å². The lowest BCUT2D eigenvalue weighted by molar-refractivity contribution is -0.158. The summed E-state index contributed by atoms with van der Waals surface area (Å²) in [6.07, 6.45) is 9.46. The fourth-order valence-corrected chi connectivity index (χ4v) is 6.86. The molecule has 0 bridgehead atoms. The normalized spacial score (nSPS) is 48.2. The first-order valence-electron chi connectivity index (χ1n) is 9.51. The number of esters is 1. The van der Waals surface area contributed by atoms with Gasteiger partial charge in [0.2, 0.25) is 0 Å². The van der Waals surface area contributed by atoms with E-state index in [-0.39, 0.29) is 34.4 Å². The molecule has 0 aliphatic heterocycles. The van der Waals surface area contributed by atoms with Crippen molar-refractivity contribution in [2.45, 2.75) is 52.1 Å². The van der Waals surface area contributed by atoms with E-state index < -0.39 is 6.10 Å². The average molecular weight is 344 g/mol. The molecule has 0 aromatic carbocycles. The Labute approximate surface area is 149 Å². The number of fused-ring (bicyclic) bond motifs is 5. The Balaban J connectivity index is 1.71. The SMILES string of the molecule is COC(=O)[C@H]1CCC2C3CCC4=CC(=O)C=CC4(C)C3C(O)C[C@@]21C. The summed E-state index contributed by atoms with van der Waals surface area (Å²) in [7, 11) is 1.46. The second kappa shape index (κ2) is 5.54. The summed E-state index contributed by atoms with van der Waals surface area (Å²) in [6.45, 7) is 4.36. The van der Waals surface area contributed by atoms with Gasteiger partial charge in [0.05, 0.1) is 19.1 Å². The highest BCUT2D eigenvalue weighted by Gasteiger charge is 2.62. The molecule has 1 N–H and O–H groups in total. The van der Waals surface area contributed by atoms with Gasteiger partial charge < -0.3 is 9.84 Å². The molecule has 4 heteroatoms. The summed E-state index contributed by atoms with van der Waals surface area (Å²) in [5.74, 6) is 0.796. The number of ether oxygens (including phenoxy) is 1. The molecule has 3 fully saturated rings. The van der Waals surface area contributed by atoms with Crippen molar-refractivity contribution in [1.82, 2.24) is 0 Å². The molecular weight excluding hydrogens is 316 g/mol. The lowest BCUT2D eigenvalue weighted by Crippen LogP contribution is -2.56. The summed E-state index contributed by atoms with van der Waals surface area (Å²) in [5.41, 5.74) is 0.756. The molecule has 4 aliphatic carbocycles. The van der Waals surface area contributed by atoms with E-state index >= 15 is 0 Å². The van der Waals surface area contributed by atoms with Crippen molar-refractivity contribution in [3.63, 3.8) is 0 Å². The fourth-order valence-electron chi connectivity index (χ4n) is 6.86. The first-order chi connectivity index (χ1) is 11.8. The highest BCUT2D eigenvalue weighted by Crippen LogP contribution is 2.66. The molecular formula is C21H28O4. The van der Waals surface area contributed by atoms with Gasteiger partial charge in [0.25, 0.3) is 0 Å². The fraction of sp³-hybridized carbons (Fsp3) is 0.714. The number of allylic oxidation sites excluding steroid dienone is 4. The van der Waals surface area contributed by atoms with Crippen LogP contribution in [-0.4, -0.2) is 30.1 Å². The summed E-state index contributed by atoms with van der Waals surface area (Å²) in [4.78, 5) is 24.1. The summed E-state index contributed by atoms with van der Waals surface area (Å²) >= 11 is 0. The van der Waals surface area contributed by atoms with Gasteiger partial charge in [-0.25, -0.2) is 0 Å². The second-order valence-corrected chi connectivity index (χ2v) is 8.95. The molecule has 0 aromatic rings. The third kappa shape index (κ3) is 2.22. The molecule has 5 unspecified atom stereocenters. The standard InChI is InChI=1S/C21H28O4/c1-20-9-8-13(22)10-12(20)4-5-14-15-6-7-16(19(24)25-3)21(15,2)11-17(23)18(14)20/h8-10,14-18,23H,4-7,11H2,1-3H3/t14?,15?,16-,17?,18?,20?,21+/m1/s1. The maximum absolute atomic E-state index is 12.3. The molecule has 25 heavy (non-hydrogen) atoms. The van der Waals surface area contributed by atoms with E-state index in [1.807, 2.05) is 6.08 Å². The third-order valence-corrected chi connectivity index (χ3v) is 7.98. The van der Waals surface area contributed by atoms with Crippen molar-refractivity contribution in [1.29, 1.82) is 0 Å². The number of hydrogen-bond donors (Lipinski definition) is 1. The molecule has 0 spiro atoms. The Morgan fingerprint density at radius 1 is 1.28 bits per heavy atom. The molecule has 0 heterocycles. The van der Waals surface area contributed by atoms with Gasteiger partial charge >= 0.3 is 5.97 Å². The van der Waals surface area contributed by atoms with Crippen molar-refractivity contribution in [2.24, 2.45) is 34.5 Å². The number of methoxy groups -OCH3 is 1. The van der Waals surface area contributed by atoms with Crippen LogP contribution in [0.2, 0.25) is 0 Å². The number of aliphatic hydroxyl groups excluding tert-OH is 1. The maximum Gasteiger partial charge on any atom is 0.309 e. The van der Waals surface area contributed by atoms with Crippen LogP contribution < -0.4 is 0 Å². The van der Waals surface area contributed by atoms with Gasteiger partial charge in [-0.1, -0.05) is 25.5 Å². The molecule has 136 valence electrons. The number of ketones is 1. The van der Waals surface area contributed by atoms with Crippen molar-refractivity contribution in [3.8, 4) is 0 Å². The zero-order valence-corrected chi connectivity index (χ0v) is 15.3. The van der Waals surface area contributed by atoms with Crippen LogP contribution in [0, 0.1) is 34.5 Å². The van der Waals surface area contributed by atoms with Crippen LogP contribution >= 0.6 is 0 Å². The molecule has 0 amide bonds. The van der Waals surface area contributed by atoms with Crippen LogP contribution in [0.4, 0.5) is 0 Å². The molecule has 4 aliphatic rings. The van der Waals surface area contributed by atoms with E-state index in [4.69, 9.17) is 4.74 Å². The largest absolute Gasteiger partial charge is 0.469 e. The van der Waals surface area contributed by atoms with Gasteiger partial charge in [-0.15, -0.1) is 0 Å². The van der Waals surface area contributed by atoms with Crippen LogP contribution in [0.5, 0.6) is 0 Å². The van der Waals surface area contributed by atoms with Gasteiger partial charge in [-0.2, -0.15) is 0 Å². The Kier molecular flexibility index (Phi) is 3.77. The van der Waals surface area contributed by atoms with Crippen LogP contribution in [0.15, 0.2) is 23.8 Å². The highest BCUT2D eigenvalue weighted by atomic mass is 16.5. The zero-order valence-electron chi connectivity index (χ0n) is 15.3. The van der Waals surface area contributed by atoms with Crippen LogP contribution in [0.25, 0.3) is 0 Å². The number of carbonyl (C=O) groups excluding carboxylic acids is 2. The quantitative estimate of drug-likeness (QED) is 0.743. The van der Waals surface area contributed by atoms with E-state index in [1.54, 1.807) is 12.2 Å². The summed E-state index contributed by atoms with van der Waals surface area (Å²) in [6, 6.07) is 0. The van der Waals surface area contributed by atoms with Gasteiger partial charge in [-0.05, 0) is 61.5 Å². The molecule has 0 aromatic heterocycles. The topological polar surface area (TPSA) is 63.6 Å².